The van der Waals surface area contributed by atoms with Gasteiger partial charge in [0.15, 0.2) is 0 Å². The van der Waals surface area contributed by atoms with Crippen molar-refractivity contribution in [2.24, 2.45) is 0 Å². The molecule has 0 unspecified atom stereocenters. The highest BCUT2D eigenvalue weighted by Gasteiger charge is 2.31. The molecule has 78 heavy (non-hydrogen) atoms. The van der Waals surface area contributed by atoms with Crippen molar-refractivity contribution in [1.29, 1.82) is 0 Å². The van der Waals surface area contributed by atoms with E-state index >= 15 is 0 Å². The molecule has 0 bridgehead atoms. The first-order valence-corrected chi connectivity index (χ1v) is 27.4. The molecule has 0 fully saturated rings. The molecule has 0 saturated heterocycles. The Hall–Kier alpha value is -9.38. The zero-order chi connectivity index (χ0) is 52.6. The van der Waals surface area contributed by atoms with E-state index in [2.05, 4.69) is 303 Å². The lowest BCUT2D eigenvalue weighted by Crippen LogP contribution is -2.13. The second kappa shape index (κ2) is 17.1. The van der Waals surface area contributed by atoms with Gasteiger partial charge < -0.3 is 18.6 Å². The quantitative estimate of drug-likeness (QED) is 0.151. The largest absolute Gasteiger partial charge is 0.310 e. The van der Waals surface area contributed by atoms with E-state index in [9.17, 15) is 0 Å². The Bertz CT molecular complexity index is 4440. The van der Waals surface area contributed by atoms with Crippen molar-refractivity contribution < 1.29 is 0 Å². The molecule has 4 heterocycles. The van der Waals surface area contributed by atoms with Gasteiger partial charge in [-0.3, -0.25) is 0 Å². The van der Waals surface area contributed by atoms with Gasteiger partial charge in [0.25, 0.3) is 0 Å². The van der Waals surface area contributed by atoms with Crippen LogP contribution in [0.3, 0.4) is 0 Å². The summed E-state index contributed by atoms with van der Waals surface area (Å²) >= 11 is 0. The molecule has 0 aliphatic heterocycles. The Labute approximate surface area is 454 Å². The standard InChI is InChI=1S/C74H58N4/c1-73(2,3)49-33-37-53(38-34-49)75(51-25-15-9-16-26-51)55-41-43-57-59-29-19-31-61-67-66(48-23-13-8-14-24-48)72-68(65(47-21-11-7-12-22-47)71(67)77(69(59)61)63(57)45-55)62-32-20-30-60-58-44-42-56(46-64(58)78(72)70(60)62)76(52-27-17-10-18-28-52)54-39-35-50(36-40-54)74(4,5)6/h7-46H,1-6H3. The zero-order valence-corrected chi connectivity index (χ0v) is 44.9. The van der Waals surface area contributed by atoms with Crippen LogP contribution in [0.5, 0.6) is 0 Å². The molecule has 4 aromatic heterocycles. The maximum absolute atomic E-state index is 2.63. The number of hydrogen-bond donors (Lipinski definition) is 0. The van der Waals surface area contributed by atoms with E-state index in [1.54, 1.807) is 0 Å². The summed E-state index contributed by atoms with van der Waals surface area (Å²) in [6.45, 7) is 13.7. The van der Waals surface area contributed by atoms with Gasteiger partial charge in [-0.25, -0.2) is 0 Å². The molecule has 0 N–H and O–H groups in total. The molecule has 0 saturated carbocycles. The van der Waals surface area contributed by atoms with Gasteiger partial charge in [0.05, 0.1) is 33.1 Å². The van der Waals surface area contributed by atoms with Crippen LogP contribution in [0.25, 0.3) is 98.4 Å². The van der Waals surface area contributed by atoms with Crippen LogP contribution in [-0.2, 0) is 10.8 Å². The van der Waals surface area contributed by atoms with E-state index in [0.29, 0.717) is 0 Å². The molecule has 374 valence electrons. The Kier molecular flexibility index (Phi) is 10.1. The highest BCUT2D eigenvalue weighted by molar-refractivity contribution is 6.38. The molecule has 11 aromatic carbocycles. The van der Waals surface area contributed by atoms with Crippen molar-refractivity contribution in [3.05, 3.63) is 254 Å². The Balaban J connectivity index is 1.09. The molecule has 4 nitrogen and oxygen atoms in total. The van der Waals surface area contributed by atoms with E-state index in [1.807, 2.05) is 0 Å². The van der Waals surface area contributed by atoms with Gasteiger partial charge in [-0.1, -0.05) is 211 Å². The second-order valence-electron chi connectivity index (χ2n) is 23.3. The highest BCUT2D eigenvalue weighted by Crippen LogP contribution is 2.55. The molecule has 0 aliphatic carbocycles. The third-order valence-corrected chi connectivity index (χ3v) is 16.6. The fraction of sp³-hybridized carbons (Fsp3) is 0.108. The molecule has 0 spiro atoms. The molecular weight excluding hydrogens is 945 g/mol. The Morgan fingerprint density at radius 1 is 0.269 bits per heavy atom. The number of rotatable bonds is 8. The van der Waals surface area contributed by atoms with Crippen molar-refractivity contribution in [2.75, 3.05) is 9.80 Å². The Morgan fingerprint density at radius 2 is 0.590 bits per heavy atom. The van der Waals surface area contributed by atoms with Crippen LogP contribution < -0.4 is 9.80 Å². The summed E-state index contributed by atoms with van der Waals surface area (Å²) < 4.78 is 5.26. The highest BCUT2D eigenvalue weighted by atomic mass is 15.1. The van der Waals surface area contributed by atoms with Gasteiger partial charge in [0.2, 0.25) is 0 Å². The number of hydrogen-bond acceptors (Lipinski definition) is 2. The predicted octanol–water partition coefficient (Wildman–Crippen LogP) is 20.9. The molecule has 15 aromatic rings. The van der Waals surface area contributed by atoms with Crippen LogP contribution in [0.15, 0.2) is 243 Å². The molecule has 0 atom stereocenters. The number of fused-ring (bicyclic) bond motifs is 12. The Morgan fingerprint density at radius 3 is 0.949 bits per heavy atom. The third kappa shape index (κ3) is 6.85. The lowest BCUT2D eigenvalue weighted by molar-refractivity contribution is 0.590. The van der Waals surface area contributed by atoms with Gasteiger partial charge >= 0.3 is 0 Å². The number of para-hydroxylation sites is 4. The average Bonchev–Trinajstić information content (AvgIpc) is 4.35. The molecule has 4 heteroatoms. The summed E-state index contributed by atoms with van der Waals surface area (Å²) in [4.78, 5) is 4.83. The fourth-order valence-corrected chi connectivity index (χ4v) is 13.0. The third-order valence-electron chi connectivity index (χ3n) is 16.6. The minimum atomic E-state index is 0.0402. The van der Waals surface area contributed by atoms with E-state index in [-0.39, 0.29) is 10.8 Å². The first-order valence-electron chi connectivity index (χ1n) is 27.4. The summed E-state index contributed by atoms with van der Waals surface area (Å²) in [7, 11) is 0. The number of benzene rings is 11. The van der Waals surface area contributed by atoms with E-state index in [0.717, 1.165) is 34.1 Å². The fourth-order valence-electron chi connectivity index (χ4n) is 13.0. The van der Waals surface area contributed by atoms with Crippen LogP contribution in [0.2, 0.25) is 0 Å². The van der Waals surface area contributed by atoms with E-state index in [1.165, 1.54) is 110 Å². The van der Waals surface area contributed by atoms with Crippen molar-refractivity contribution in [1.82, 2.24) is 8.80 Å². The molecule has 15 rings (SSSR count). The molecular formula is C74H58N4. The smallest absolute Gasteiger partial charge is 0.0634 e. The van der Waals surface area contributed by atoms with Gasteiger partial charge in [-0.2, -0.15) is 0 Å². The molecule has 0 aliphatic rings. The van der Waals surface area contributed by atoms with Crippen LogP contribution >= 0.6 is 0 Å². The number of nitrogens with zero attached hydrogens (tertiary/aromatic N) is 4. The summed E-state index contributed by atoms with van der Waals surface area (Å²) in [6.07, 6.45) is 0. The lowest BCUT2D eigenvalue weighted by atomic mass is 9.87. The van der Waals surface area contributed by atoms with Crippen molar-refractivity contribution in [3.63, 3.8) is 0 Å². The first-order chi connectivity index (χ1) is 38.0. The van der Waals surface area contributed by atoms with Crippen molar-refractivity contribution in [3.8, 4) is 22.3 Å². The van der Waals surface area contributed by atoms with Crippen molar-refractivity contribution >= 4 is 110 Å². The van der Waals surface area contributed by atoms with Gasteiger partial charge in [-0.15, -0.1) is 0 Å². The van der Waals surface area contributed by atoms with Gasteiger partial charge in [-0.05, 0) is 106 Å². The van der Waals surface area contributed by atoms with E-state index < -0.39 is 0 Å². The summed E-state index contributed by atoms with van der Waals surface area (Å²) in [5, 5.41) is 9.98. The first kappa shape index (κ1) is 46.0. The van der Waals surface area contributed by atoms with Crippen LogP contribution in [0, 0.1) is 0 Å². The topological polar surface area (TPSA) is 15.3 Å². The number of anilines is 6. The zero-order valence-electron chi connectivity index (χ0n) is 44.9. The van der Waals surface area contributed by atoms with Crippen LogP contribution in [0.4, 0.5) is 34.1 Å². The molecule has 0 radical (unpaired) electrons. The van der Waals surface area contributed by atoms with Crippen molar-refractivity contribution in [2.45, 2.75) is 52.4 Å². The van der Waals surface area contributed by atoms with Gasteiger partial charge in [0.1, 0.15) is 0 Å². The predicted molar refractivity (Wildman–Crippen MR) is 333 cm³/mol. The molecule has 0 amide bonds. The van der Waals surface area contributed by atoms with Crippen LogP contribution in [0.1, 0.15) is 52.7 Å². The minimum Gasteiger partial charge on any atom is -0.310 e. The van der Waals surface area contributed by atoms with Gasteiger partial charge in [0, 0.05) is 88.3 Å². The average molecular weight is 1000 g/mol. The maximum Gasteiger partial charge on any atom is 0.0634 e. The lowest BCUT2D eigenvalue weighted by Gasteiger charge is -2.27. The maximum atomic E-state index is 2.63. The summed E-state index contributed by atoms with van der Waals surface area (Å²) in [6, 6.07) is 90.5. The monoisotopic (exact) mass is 1000 g/mol. The summed E-state index contributed by atoms with van der Waals surface area (Å²) in [5.41, 5.74) is 21.5. The minimum absolute atomic E-state index is 0.0402. The van der Waals surface area contributed by atoms with E-state index in [4.69, 9.17) is 0 Å². The number of aromatic nitrogens is 2. The second-order valence-corrected chi connectivity index (χ2v) is 23.3. The normalized spacial score (nSPS) is 12.5. The summed E-state index contributed by atoms with van der Waals surface area (Å²) in [5.74, 6) is 0. The SMILES string of the molecule is CC(C)(C)c1ccc(N(c2ccccc2)c2ccc3c4cccc5c6c(-c7ccccc7)c7c(c(-c8ccccc8)c6n(c3c2)c45)c2cccc3c4ccc(N(c5ccccc5)c5ccc(C(C)(C)C)cc5)cc4n7c32)cc1. The van der Waals surface area contributed by atoms with Crippen LogP contribution in [-0.4, -0.2) is 8.80 Å².